The first-order valence-corrected chi connectivity index (χ1v) is 10.6. The van der Waals surface area contributed by atoms with Crippen LogP contribution in [-0.4, -0.2) is 71.1 Å². The van der Waals surface area contributed by atoms with Crippen molar-refractivity contribution in [3.05, 3.63) is 64.2 Å². The number of piperazine rings is 1. The minimum Gasteiger partial charge on any atom is -0.350 e. The lowest BCUT2D eigenvalue weighted by Crippen LogP contribution is -2.50. The van der Waals surface area contributed by atoms with E-state index in [1.807, 2.05) is 11.4 Å². The van der Waals surface area contributed by atoms with Crippen molar-refractivity contribution in [1.29, 1.82) is 0 Å². The third-order valence-corrected chi connectivity index (χ3v) is 5.93. The summed E-state index contributed by atoms with van der Waals surface area (Å²) in [4.78, 5) is 29.5. The van der Waals surface area contributed by atoms with Gasteiger partial charge in [0.05, 0.1) is 10.6 Å². The van der Waals surface area contributed by atoms with Gasteiger partial charge in [0.1, 0.15) is 11.5 Å². The second-order valence-electron chi connectivity index (χ2n) is 7.04. The molecule has 2 N–H and O–H groups in total. The average Bonchev–Trinajstić information content (AvgIpc) is 3.47. The van der Waals surface area contributed by atoms with Crippen molar-refractivity contribution in [3.8, 4) is 11.3 Å². The summed E-state index contributed by atoms with van der Waals surface area (Å²) in [5.41, 5.74) is 1.78. The van der Waals surface area contributed by atoms with Gasteiger partial charge in [0, 0.05) is 44.8 Å². The van der Waals surface area contributed by atoms with Gasteiger partial charge in [-0.3, -0.25) is 19.6 Å². The number of halogens is 1. The van der Waals surface area contributed by atoms with Crippen LogP contribution in [0.25, 0.3) is 11.3 Å². The number of H-pyrrole nitrogens is 1. The quantitative estimate of drug-likeness (QED) is 0.633. The summed E-state index contributed by atoms with van der Waals surface area (Å²) in [6, 6.07) is 11.4. The summed E-state index contributed by atoms with van der Waals surface area (Å²) in [5.74, 6) is -0.453. The molecule has 156 valence electrons. The van der Waals surface area contributed by atoms with E-state index in [2.05, 4.69) is 20.4 Å². The molecule has 0 spiro atoms. The largest absolute Gasteiger partial charge is 0.350 e. The molecule has 1 aliphatic heterocycles. The smallest absolute Gasteiger partial charge is 0.271 e. The van der Waals surface area contributed by atoms with E-state index in [4.69, 9.17) is 0 Å². The molecule has 1 fully saturated rings. The number of rotatable bonds is 6. The monoisotopic (exact) mass is 427 g/mol. The number of aromatic nitrogens is 2. The Labute approximate surface area is 177 Å². The van der Waals surface area contributed by atoms with Gasteiger partial charge in [-0.2, -0.15) is 5.10 Å². The number of hydrogen-bond donors (Lipinski definition) is 2. The third-order valence-electron chi connectivity index (χ3n) is 5.07. The molecule has 1 aromatic carbocycles. The Morgan fingerprint density at radius 1 is 1.13 bits per heavy atom. The first-order valence-electron chi connectivity index (χ1n) is 9.75. The Morgan fingerprint density at radius 3 is 2.60 bits per heavy atom. The molecule has 0 saturated carbocycles. The molecule has 1 saturated heterocycles. The number of nitrogens with one attached hydrogen (secondary N) is 2. The Balaban J connectivity index is 1.24. The van der Waals surface area contributed by atoms with Gasteiger partial charge in [0.2, 0.25) is 0 Å². The lowest BCUT2D eigenvalue weighted by atomic mass is 10.1. The number of carbonyl (C=O) groups is 2. The Kier molecular flexibility index (Phi) is 6.20. The van der Waals surface area contributed by atoms with E-state index >= 15 is 0 Å². The molecule has 0 bridgehead atoms. The van der Waals surface area contributed by atoms with Gasteiger partial charge in [-0.1, -0.05) is 6.07 Å². The number of benzene rings is 1. The SMILES string of the molecule is O=C(NCCN1CCN(C(=O)c2cc(-c3ccc(F)cc3)n[nH]2)CC1)c1cccs1. The van der Waals surface area contributed by atoms with Gasteiger partial charge in [-0.15, -0.1) is 11.3 Å². The Morgan fingerprint density at radius 2 is 1.90 bits per heavy atom. The van der Waals surface area contributed by atoms with E-state index in [-0.39, 0.29) is 17.6 Å². The number of carbonyl (C=O) groups excluding carboxylic acids is 2. The van der Waals surface area contributed by atoms with Crippen LogP contribution in [0.1, 0.15) is 20.2 Å². The van der Waals surface area contributed by atoms with E-state index in [1.54, 1.807) is 29.2 Å². The molecule has 0 aliphatic carbocycles. The number of thiophene rings is 1. The van der Waals surface area contributed by atoms with Crippen LogP contribution in [0.15, 0.2) is 47.8 Å². The van der Waals surface area contributed by atoms with Crippen LogP contribution < -0.4 is 5.32 Å². The topological polar surface area (TPSA) is 81.3 Å². The summed E-state index contributed by atoms with van der Waals surface area (Å²) in [6.07, 6.45) is 0. The maximum atomic E-state index is 13.1. The molecule has 3 heterocycles. The van der Waals surface area contributed by atoms with E-state index in [0.717, 1.165) is 25.2 Å². The van der Waals surface area contributed by atoms with Crippen LogP contribution in [0.5, 0.6) is 0 Å². The zero-order chi connectivity index (χ0) is 20.9. The number of amides is 2. The van der Waals surface area contributed by atoms with Gasteiger partial charge in [0.25, 0.3) is 11.8 Å². The van der Waals surface area contributed by atoms with E-state index < -0.39 is 0 Å². The minimum absolute atomic E-state index is 0.0463. The zero-order valence-electron chi connectivity index (χ0n) is 16.3. The number of hydrogen-bond acceptors (Lipinski definition) is 5. The molecule has 1 aliphatic rings. The van der Waals surface area contributed by atoms with Crippen LogP contribution >= 0.6 is 11.3 Å². The van der Waals surface area contributed by atoms with Crippen molar-refractivity contribution in [2.75, 3.05) is 39.3 Å². The first kappa shape index (κ1) is 20.2. The van der Waals surface area contributed by atoms with Crippen LogP contribution in [0.2, 0.25) is 0 Å². The third kappa shape index (κ3) is 4.74. The maximum absolute atomic E-state index is 13.1. The molecule has 0 atom stereocenters. The van der Waals surface area contributed by atoms with Crippen molar-refractivity contribution in [2.24, 2.45) is 0 Å². The fourth-order valence-corrected chi connectivity index (χ4v) is 4.01. The highest BCUT2D eigenvalue weighted by molar-refractivity contribution is 7.12. The van der Waals surface area contributed by atoms with Crippen molar-refractivity contribution < 1.29 is 14.0 Å². The summed E-state index contributed by atoms with van der Waals surface area (Å²) >= 11 is 1.42. The lowest BCUT2D eigenvalue weighted by molar-refractivity contribution is 0.0632. The summed E-state index contributed by atoms with van der Waals surface area (Å²) < 4.78 is 13.1. The van der Waals surface area contributed by atoms with E-state index in [9.17, 15) is 14.0 Å². The van der Waals surface area contributed by atoms with Gasteiger partial charge >= 0.3 is 0 Å². The highest BCUT2D eigenvalue weighted by atomic mass is 32.1. The molecule has 3 aromatic rings. The number of aromatic amines is 1. The van der Waals surface area contributed by atoms with Gasteiger partial charge in [0.15, 0.2) is 0 Å². The van der Waals surface area contributed by atoms with Crippen LogP contribution in [0.4, 0.5) is 4.39 Å². The summed E-state index contributed by atoms with van der Waals surface area (Å²) in [7, 11) is 0. The first-order chi connectivity index (χ1) is 14.6. The highest BCUT2D eigenvalue weighted by Gasteiger charge is 2.23. The molecular formula is C21H22FN5O2S. The molecule has 9 heteroatoms. The van der Waals surface area contributed by atoms with E-state index in [0.29, 0.717) is 35.9 Å². The van der Waals surface area contributed by atoms with Crippen LogP contribution in [0, 0.1) is 5.82 Å². The predicted molar refractivity (Wildman–Crippen MR) is 113 cm³/mol. The van der Waals surface area contributed by atoms with Crippen molar-refractivity contribution >= 4 is 23.2 Å². The minimum atomic E-state index is -0.311. The van der Waals surface area contributed by atoms with E-state index in [1.165, 1.54) is 23.5 Å². The highest BCUT2D eigenvalue weighted by Crippen LogP contribution is 2.19. The van der Waals surface area contributed by atoms with Crippen LogP contribution in [-0.2, 0) is 0 Å². The second-order valence-corrected chi connectivity index (χ2v) is 7.99. The number of nitrogens with zero attached hydrogens (tertiary/aromatic N) is 3. The fourth-order valence-electron chi connectivity index (χ4n) is 3.37. The Hall–Kier alpha value is -3.04. The lowest BCUT2D eigenvalue weighted by Gasteiger charge is -2.34. The molecule has 7 nitrogen and oxygen atoms in total. The second kappa shape index (κ2) is 9.19. The molecular weight excluding hydrogens is 405 g/mol. The normalized spacial score (nSPS) is 14.6. The van der Waals surface area contributed by atoms with Crippen molar-refractivity contribution in [2.45, 2.75) is 0 Å². The summed E-state index contributed by atoms with van der Waals surface area (Å²) in [6.45, 7) is 4.05. The maximum Gasteiger partial charge on any atom is 0.271 e. The Bertz CT molecular complexity index is 995. The van der Waals surface area contributed by atoms with Crippen LogP contribution in [0.3, 0.4) is 0 Å². The van der Waals surface area contributed by atoms with Gasteiger partial charge in [-0.25, -0.2) is 4.39 Å². The summed E-state index contributed by atoms with van der Waals surface area (Å²) in [5, 5.41) is 11.8. The molecule has 0 radical (unpaired) electrons. The van der Waals surface area contributed by atoms with Crippen molar-refractivity contribution in [3.63, 3.8) is 0 Å². The van der Waals surface area contributed by atoms with Gasteiger partial charge < -0.3 is 10.2 Å². The molecule has 2 amide bonds. The standard InChI is InChI=1S/C21H22FN5O2S/c22-16-5-3-15(4-6-16)17-14-18(25-24-17)21(29)27-11-9-26(10-12-27)8-7-23-20(28)19-2-1-13-30-19/h1-6,13-14H,7-12H2,(H,23,28)(H,24,25). The predicted octanol–water partition coefficient (Wildman–Crippen LogP) is 2.47. The molecule has 0 unspecified atom stereocenters. The molecule has 2 aromatic heterocycles. The average molecular weight is 428 g/mol. The zero-order valence-corrected chi connectivity index (χ0v) is 17.1. The van der Waals surface area contributed by atoms with Gasteiger partial charge in [-0.05, 0) is 41.8 Å². The fraction of sp³-hybridized carbons (Fsp3) is 0.286. The van der Waals surface area contributed by atoms with Crippen molar-refractivity contribution in [1.82, 2.24) is 25.3 Å². The molecule has 30 heavy (non-hydrogen) atoms. The molecule has 4 rings (SSSR count).